The number of methoxy groups -OCH3 is 1. The second-order valence-electron chi connectivity index (χ2n) is 7.47. The highest BCUT2D eigenvalue weighted by Crippen LogP contribution is 2.23. The largest absolute Gasteiger partial charge is 0.383 e. The number of rotatable bonds is 10. The SMILES string of the molecule is COCCNC(=O)c1cc(S(=O)(=O)N(Cc2ccccc2)Cc2ccccc2)ccc1C. The molecule has 168 valence electrons. The molecule has 0 aliphatic carbocycles. The van der Waals surface area contributed by atoms with Crippen LogP contribution in [0.5, 0.6) is 0 Å². The summed E-state index contributed by atoms with van der Waals surface area (Å²) in [5, 5.41) is 2.76. The van der Waals surface area contributed by atoms with Crippen molar-refractivity contribution in [2.75, 3.05) is 20.3 Å². The third-order valence-electron chi connectivity index (χ3n) is 5.09. The van der Waals surface area contributed by atoms with Gasteiger partial charge in [-0.1, -0.05) is 66.7 Å². The second kappa shape index (κ2) is 11.0. The molecule has 6 nitrogen and oxygen atoms in total. The maximum Gasteiger partial charge on any atom is 0.251 e. The summed E-state index contributed by atoms with van der Waals surface area (Å²) in [5.74, 6) is -0.325. The molecule has 0 aliphatic heterocycles. The van der Waals surface area contributed by atoms with Gasteiger partial charge < -0.3 is 10.1 Å². The Bertz CT molecular complexity index is 1090. The molecule has 3 aromatic rings. The fourth-order valence-corrected chi connectivity index (χ4v) is 4.76. The van der Waals surface area contributed by atoms with Crippen LogP contribution in [0.15, 0.2) is 83.8 Å². The lowest BCUT2D eigenvalue weighted by atomic mass is 10.1. The van der Waals surface area contributed by atoms with Crippen LogP contribution in [0.25, 0.3) is 0 Å². The van der Waals surface area contributed by atoms with Gasteiger partial charge in [-0.3, -0.25) is 4.79 Å². The fourth-order valence-electron chi connectivity index (χ4n) is 3.32. The zero-order valence-electron chi connectivity index (χ0n) is 18.3. The van der Waals surface area contributed by atoms with E-state index in [9.17, 15) is 13.2 Å². The van der Waals surface area contributed by atoms with E-state index in [0.29, 0.717) is 24.3 Å². The van der Waals surface area contributed by atoms with Crippen molar-refractivity contribution in [1.29, 1.82) is 0 Å². The molecule has 0 saturated carbocycles. The van der Waals surface area contributed by atoms with E-state index < -0.39 is 10.0 Å². The molecular weight excluding hydrogens is 424 g/mol. The van der Waals surface area contributed by atoms with E-state index in [4.69, 9.17) is 4.74 Å². The first-order valence-electron chi connectivity index (χ1n) is 10.4. The maximum absolute atomic E-state index is 13.7. The van der Waals surface area contributed by atoms with E-state index in [2.05, 4.69) is 5.32 Å². The van der Waals surface area contributed by atoms with Gasteiger partial charge in [0.05, 0.1) is 11.5 Å². The standard InChI is InChI=1S/C25H28N2O4S/c1-20-13-14-23(17-24(20)25(28)26-15-16-31-2)32(29,30)27(18-21-9-5-3-6-10-21)19-22-11-7-4-8-12-22/h3-14,17H,15-16,18-19H2,1-2H3,(H,26,28). The molecule has 0 aromatic heterocycles. The van der Waals surface area contributed by atoms with Crippen LogP contribution in [-0.4, -0.2) is 38.9 Å². The summed E-state index contributed by atoms with van der Waals surface area (Å²) in [6.45, 7) is 2.96. The molecule has 0 radical (unpaired) electrons. The van der Waals surface area contributed by atoms with Gasteiger partial charge in [-0.2, -0.15) is 4.31 Å². The van der Waals surface area contributed by atoms with Crippen molar-refractivity contribution >= 4 is 15.9 Å². The minimum Gasteiger partial charge on any atom is -0.383 e. The number of carbonyl (C=O) groups excluding carboxylic acids is 1. The lowest BCUT2D eigenvalue weighted by molar-refractivity contribution is 0.0936. The van der Waals surface area contributed by atoms with Crippen LogP contribution in [0.2, 0.25) is 0 Å². The maximum atomic E-state index is 13.7. The quantitative estimate of drug-likeness (QED) is 0.475. The van der Waals surface area contributed by atoms with E-state index in [-0.39, 0.29) is 23.9 Å². The van der Waals surface area contributed by atoms with Gasteiger partial charge in [-0.25, -0.2) is 8.42 Å². The van der Waals surface area contributed by atoms with Crippen molar-refractivity contribution < 1.29 is 17.9 Å². The van der Waals surface area contributed by atoms with Crippen molar-refractivity contribution in [3.05, 3.63) is 101 Å². The van der Waals surface area contributed by atoms with Crippen molar-refractivity contribution in [1.82, 2.24) is 9.62 Å². The Morgan fingerprint density at radius 2 is 1.47 bits per heavy atom. The monoisotopic (exact) mass is 452 g/mol. The summed E-state index contributed by atoms with van der Waals surface area (Å²) < 4.78 is 33.7. The van der Waals surface area contributed by atoms with E-state index >= 15 is 0 Å². The van der Waals surface area contributed by atoms with Gasteiger partial charge in [-0.15, -0.1) is 0 Å². The molecule has 1 amide bonds. The number of hydrogen-bond acceptors (Lipinski definition) is 4. The minimum absolute atomic E-state index is 0.0897. The zero-order chi connectivity index (χ0) is 23.0. The van der Waals surface area contributed by atoms with Crippen molar-refractivity contribution in [3.63, 3.8) is 0 Å². The number of amides is 1. The Kier molecular flexibility index (Phi) is 8.16. The average Bonchev–Trinajstić information content (AvgIpc) is 2.80. The summed E-state index contributed by atoms with van der Waals surface area (Å²) >= 11 is 0. The van der Waals surface area contributed by atoms with Crippen molar-refractivity contribution in [2.24, 2.45) is 0 Å². The molecule has 0 unspecified atom stereocenters. The summed E-state index contributed by atoms with van der Waals surface area (Å²) in [6, 6.07) is 23.6. The molecule has 7 heteroatoms. The number of benzene rings is 3. The summed E-state index contributed by atoms with van der Waals surface area (Å²) in [7, 11) is -2.31. The van der Waals surface area contributed by atoms with Crippen LogP contribution >= 0.6 is 0 Å². The Morgan fingerprint density at radius 3 is 2.00 bits per heavy atom. The number of carbonyl (C=O) groups is 1. The van der Waals surface area contributed by atoms with E-state index in [1.165, 1.54) is 10.4 Å². The van der Waals surface area contributed by atoms with Crippen molar-refractivity contribution in [2.45, 2.75) is 24.9 Å². The minimum atomic E-state index is -3.87. The molecule has 32 heavy (non-hydrogen) atoms. The predicted molar refractivity (Wildman–Crippen MR) is 125 cm³/mol. The number of nitrogens with one attached hydrogen (secondary N) is 1. The second-order valence-corrected chi connectivity index (χ2v) is 9.41. The zero-order valence-corrected chi connectivity index (χ0v) is 19.1. The molecule has 0 fully saturated rings. The molecule has 3 rings (SSSR count). The van der Waals surface area contributed by atoms with Gasteiger partial charge in [0, 0.05) is 32.3 Å². The summed E-state index contributed by atoms with van der Waals surface area (Å²) in [6.07, 6.45) is 0. The van der Waals surface area contributed by atoms with Crippen LogP contribution < -0.4 is 5.32 Å². The van der Waals surface area contributed by atoms with E-state index in [1.54, 1.807) is 26.2 Å². The molecule has 0 atom stereocenters. The van der Waals surface area contributed by atoms with E-state index in [1.807, 2.05) is 60.7 Å². The van der Waals surface area contributed by atoms with Crippen LogP contribution in [0, 0.1) is 6.92 Å². The number of aryl methyl sites for hydroxylation is 1. The molecule has 1 N–H and O–H groups in total. The lowest BCUT2D eigenvalue weighted by Gasteiger charge is -2.23. The third kappa shape index (κ3) is 6.03. The highest BCUT2D eigenvalue weighted by atomic mass is 32.2. The average molecular weight is 453 g/mol. The highest BCUT2D eigenvalue weighted by molar-refractivity contribution is 7.89. The third-order valence-corrected chi connectivity index (χ3v) is 6.87. The fraction of sp³-hybridized carbons (Fsp3) is 0.240. The number of sulfonamides is 1. The Labute approximate surface area is 189 Å². The van der Waals surface area contributed by atoms with Gasteiger partial charge >= 0.3 is 0 Å². The normalized spacial score (nSPS) is 11.5. The number of ether oxygens (including phenoxy) is 1. The number of nitrogens with zero attached hydrogens (tertiary/aromatic N) is 1. The smallest absolute Gasteiger partial charge is 0.251 e. The van der Waals surface area contributed by atoms with E-state index in [0.717, 1.165) is 11.1 Å². The first-order valence-corrected chi connectivity index (χ1v) is 11.8. The Balaban J connectivity index is 1.94. The molecule has 0 spiro atoms. The van der Waals surface area contributed by atoms with Crippen LogP contribution in [0.1, 0.15) is 27.0 Å². The van der Waals surface area contributed by atoms with Crippen LogP contribution in [-0.2, 0) is 27.8 Å². The lowest BCUT2D eigenvalue weighted by Crippen LogP contribution is -2.31. The van der Waals surface area contributed by atoms with Crippen LogP contribution in [0.4, 0.5) is 0 Å². The van der Waals surface area contributed by atoms with Gasteiger partial charge in [0.15, 0.2) is 0 Å². The van der Waals surface area contributed by atoms with Gasteiger partial charge in [0.1, 0.15) is 0 Å². The predicted octanol–water partition coefficient (Wildman–Crippen LogP) is 3.76. The molecular formula is C25H28N2O4S. The highest BCUT2D eigenvalue weighted by Gasteiger charge is 2.26. The Morgan fingerprint density at radius 1 is 0.906 bits per heavy atom. The Hall–Kier alpha value is -3.00. The van der Waals surface area contributed by atoms with Gasteiger partial charge in [0.25, 0.3) is 5.91 Å². The first kappa shape index (κ1) is 23.7. The molecule has 0 bridgehead atoms. The first-order chi connectivity index (χ1) is 15.4. The molecule has 0 aliphatic rings. The van der Waals surface area contributed by atoms with Crippen molar-refractivity contribution in [3.8, 4) is 0 Å². The summed E-state index contributed by atoms with van der Waals surface area (Å²) in [5.41, 5.74) is 2.81. The van der Waals surface area contributed by atoms with Crippen LogP contribution in [0.3, 0.4) is 0 Å². The van der Waals surface area contributed by atoms with Gasteiger partial charge in [0.2, 0.25) is 10.0 Å². The number of hydrogen-bond donors (Lipinski definition) is 1. The van der Waals surface area contributed by atoms with Gasteiger partial charge in [-0.05, 0) is 35.7 Å². The summed E-state index contributed by atoms with van der Waals surface area (Å²) in [4.78, 5) is 12.7. The molecule has 0 heterocycles. The molecule has 3 aromatic carbocycles. The topological polar surface area (TPSA) is 75.7 Å². The molecule has 0 saturated heterocycles.